The molecule has 9 heteroatoms. The third-order valence-corrected chi connectivity index (χ3v) is 3.51. The van der Waals surface area contributed by atoms with E-state index in [-0.39, 0.29) is 12.4 Å². The first-order chi connectivity index (χ1) is 10.9. The van der Waals surface area contributed by atoms with Gasteiger partial charge in [0.15, 0.2) is 0 Å². The Balaban J connectivity index is 1.91. The second-order valence-electron chi connectivity index (χ2n) is 5.19. The van der Waals surface area contributed by atoms with Gasteiger partial charge in [0.1, 0.15) is 12.1 Å². The van der Waals surface area contributed by atoms with E-state index in [2.05, 4.69) is 15.2 Å². The fourth-order valence-corrected chi connectivity index (χ4v) is 2.43. The summed E-state index contributed by atoms with van der Waals surface area (Å²) in [4.78, 5) is 17.2. The Morgan fingerprint density at radius 1 is 1.26 bits per heavy atom. The van der Waals surface area contributed by atoms with Gasteiger partial charge in [-0.25, -0.2) is 4.98 Å². The Morgan fingerprint density at radius 2 is 2.00 bits per heavy atom. The number of amides is 1. The summed E-state index contributed by atoms with van der Waals surface area (Å²) in [7, 11) is 0. The number of carbonyl (C=O) groups excluding carboxylic acids is 1. The normalized spacial score (nSPS) is 18.3. The van der Waals surface area contributed by atoms with Crippen molar-refractivity contribution in [2.24, 2.45) is 0 Å². The molecule has 23 heavy (non-hydrogen) atoms. The number of rotatable bonds is 3. The van der Waals surface area contributed by atoms with E-state index in [1.165, 1.54) is 0 Å². The van der Waals surface area contributed by atoms with E-state index in [0.29, 0.717) is 24.1 Å². The molecule has 1 aromatic heterocycles. The van der Waals surface area contributed by atoms with Crippen LogP contribution in [0.4, 0.5) is 13.2 Å². The average Bonchev–Trinajstić information content (AvgIpc) is 3.05. The molecule has 0 aliphatic carbocycles. The number of benzene rings is 1. The zero-order valence-electron chi connectivity index (χ0n) is 12.0. The van der Waals surface area contributed by atoms with E-state index >= 15 is 0 Å². The number of halogens is 3. The van der Waals surface area contributed by atoms with Gasteiger partial charge in [0.25, 0.3) is 5.91 Å². The summed E-state index contributed by atoms with van der Waals surface area (Å²) in [6, 6.07) is 6.06. The van der Waals surface area contributed by atoms with E-state index < -0.39 is 24.7 Å². The first kappa shape index (κ1) is 15.6. The maximum absolute atomic E-state index is 12.8. The molecule has 0 radical (unpaired) electrons. The first-order valence-corrected chi connectivity index (χ1v) is 6.99. The smallest absolute Gasteiger partial charge is 0.379 e. The predicted molar refractivity (Wildman–Crippen MR) is 73.6 cm³/mol. The van der Waals surface area contributed by atoms with Crippen molar-refractivity contribution in [3.05, 3.63) is 30.1 Å². The van der Waals surface area contributed by atoms with Crippen LogP contribution in [0.2, 0.25) is 0 Å². The Morgan fingerprint density at radius 3 is 2.65 bits per heavy atom. The van der Waals surface area contributed by atoms with Gasteiger partial charge in [-0.1, -0.05) is 12.1 Å². The topological polar surface area (TPSA) is 68.2 Å². The fourth-order valence-electron chi connectivity index (χ4n) is 2.43. The lowest BCUT2D eigenvalue weighted by Crippen LogP contribution is -2.46. The van der Waals surface area contributed by atoms with Crippen molar-refractivity contribution >= 4 is 16.9 Å². The lowest BCUT2D eigenvalue weighted by atomic mass is 10.2. The number of fused-ring (bicyclic) bond motifs is 1. The largest absolute Gasteiger partial charge is 0.406 e. The molecule has 3 rings (SSSR count). The lowest BCUT2D eigenvalue weighted by Gasteiger charge is -2.28. The van der Waals surface area contributed by atoms with Crippen molar-refractivity contribution in [2.75, 3.05) is 19.8 Å². The van der Waals surface area contributed by atoms with Crippen molar-refractivity contribution in [2.45, 2.75) is 18.6 Å². The summed E-state index contributed by atoms with van der Waals surface area (Å²) in [6.07, 6.45) is -4.16. The van der Waals surface area contributed by atoms with Crippen molar-refractivity contribution in [3.63, 3.8) is 0 Å². The summed E-state index contributed by atoms with van der Waals surface area (Å²) < 4.78 is 43.5. The highest BCUT2D eigenvalue weighted by Gasteiger charge is 2.39. The van der Waals surface area contributed by atoms with Crippen LogP contribution in [0.25, 0.3) is 11.0 Å². The van der Waals surface area contributed by atoms with E-state index in [1.54, 1.807) is 24.3 Å². The van der Waals surface area contributed by atoms with Gasteiger partial charge in [0, 0.05) is 6.61 Å². The van der Waals surface area contributed by atoms with Crippen molar-refractivity contribution < 1.29 is 22.7 Å². The molecule has 122 valence electrons. The first-order valence-electron chi connectivity index (χ1n) is 6.99. The van der Waals surface area contributed by atoms with Crippen LogP contribution in [0.15, 0.2) is 24.3 Å². The standard InChI is InChI=1S/C14H13F3N4O2/c15-14(16,17)8-21(9-5-6-23-7-9)13(22)12-18-10-3-1-2-4-11(10)19-20-12/h1-4,9H,5-8H2. The molecule has 1 fully saturated rings. The minimum atomic E-state index is -4.51. The summed E-state index contributed by atoms with van der Waals surface area (Å²) in [5, 5.41) is 7.50. The maximum Gasteiger partial charge on any atom is 0.406 e. The van der Waals surface area contributed by atoms with Crippen LogP contribution in [0.1, 0.15) is 17.0 Å². The molecule has 6 nitrogen and oxygen atoms in total. The SMILES string of the molecule is O=C(c1nnc2ccccc2n1)N(CC(F)(F)F)C1CCOC1. The van der Waals surface area contributed by atoms with Gasteiger partial charge < -0.3 is 9.64 Å². The van der Waals surface area contributed by atoms with Crippen molar-refractivity contribution in [3.8, 4) is 0 Å². The van der Waals surface area contributed by atoms with Gasteiger partial charge in [0.05, 0.1) is 18.2 Å². The molecular weight excluding hydrogens is 313 g/mol. The van der Waals surface area contributed by atoms with E-state index in [4.69, 9.17) is 4.74 Å². The van der Waals surface area contributed by atoms with Crippen molar-refractivity contribution in [1.82, 2.24) is 20.1 Å². The van der Waals surface area contributed by atoms with Gasteiger partial charge in [-0.15, -0.1) is 10.2 Å². The molecule has 2 heterocycles. The monoisotopic (exact) mass is 326 g/mol. The molecule has 1 amide bonds. The van der Waals surface area contributed by atoms with E-state index in [0.717, 1.165) is 4.90 Å². The molecule has 0 N–H and O–H groups in total. The summed E-state index contributed by atoms with van der Waals surface area (Å²) in [5.74, 6) is -1.24. The molecule has 1 aliphatic heterocycles. The zero-order chi connectivity index (χ0) is 16.4. The molecule has 0 bridgehead atoms. The minimum Gasteiger partial charge on any atom is -0.379 e. The second-order valence-corrected chi connectivity index (χ2v) is 5.19. The number of aromatic nitrogens is 3. The van der Waals surface area contributed by atoms with Crippen LogP contribution in [0.5, 0.6) is 0 Å². The number of nitrogens with zero attached hydrogens (tertiary/aromatic N) is 4. The summed E-state index contributed by atoms with van der Waals surface area (Å²) in [5.41, 5.74) is 0.871. The number of hydrogen-bond acceptors (Lipinski definition) is 5. The second kappa shape index (κ2) is 6.07. The van der Waals surface area contributed by atoms with E-state index in [1.807, 2.05) is 0 Å². The maximum atomic E-state index is 12.8. The van der Waals surface area contributed by atoms with Gasteiger partial charge in [-0.05, 0) is 18.6 Å². The summed E-state index contributed by atoms with van der Waals surface area (Å²) in [6.45, 7) is -0.970. The molecule has 1 saturated heterocycles. The Kier molecular flexibility index (Phi) is 4.12. The van der Waals surface area contributed by atoms with Crippen molar-refractivity contribution in [1.29, 1.82) is 0 Å². The third-order valence-electron chi connectivity index (χ3n) is 3.51. The highest BCUT2D eigenvalue weighted by Crippen LogP contribution is 2.22. The van der Waals surface area contributed by atoms with Crippen LogP contribution >= 0.6 is 0 Å². The van der Waals surface area contributed by atoms with Gasteiger partial charge in [-0.2, -0.15) is 13.2 Å². The Bertz CT molecular complexity index is 716. The molecule has 0 saturated carbocycles. The number of para-hydroxylation sites is 1. The van der Waals surface area contributed by atoms with Gasteiger partial charge >= 0.3 is 6.18 Å². The number of carbonyl (C=O) groups is 1. The molecule has 2 aromatic rings. The van der Waals surface area contributed by atoms with Gasteiger partial charge in [0.2, 0.25) is 5.82 Å². The van der Waals surface area contributed by atoms with Crippen LogP contribution in [0, 0.1) is 0 Å². The Hall–Kier alpha value is -2.29. The molecule has 1 aromatic carbocycles. The molecule has 1 unspecified atom stereocenters. The molecule has 1 aliphatic rings. The molecule has 1 atom stereocenters. The highest BCUT2D eigenvalue weighted by atomic mass is 19.4. The fraction of sp³-hybridized carbons (Fsp3) is 0.429. The quantitative estimate of drug-likeness (QED) is 0.860. The Labute approximate surface area is 129 Å². The summed E-state index contributed by atoms with van der Waals surface area (Å²) >= 11 is 0. The number of alkyl halides is 3. The number of ether oxygens (including phenoxy) is 1. The van der Waals surface area contributed by atoms with Crippen LogP contribution in [0.3, 0.4) is 0 Å². The molecular formula is C14H13F3N4O2. The predicted octanol–water partition coefficient (Wildman–Crippen LogP) is 1.82. The highest BCUT2D eigenvalue weighted by molar-refractivity contribution is 5.92. The van der Waals surface area contributed by atoms with Gasteiger partial charge in [-0.3, -0.25) is 4.79 Å². The van der Waals surface area contributed by atoms with E-state index in [9.17, 15) is 18.0 Å². The van der Waals surface area contributed by atoms with Crippen LogP contribution < -0.4 is 0 Å². The molecule has 0 spiro atoms. The number of hydrogen-bond donors (Lipinski definition) is 0. The van der Waals surface area contributed by atoms with Crippen LogP contribution in [-0.2, 0) is 4.74 Å². The average molecular weight is 326 g/mol. The lowest BCUT2D eigenvalue weighted by molar-refractivity contribution is -0.144. The zero-order valence-corrected chi connectivity index (χ0v) is 12.0. The third kappa shape index (κ3) is 3.55. The minimum absolute atomic E-state index is 0.0723. The van der Waals surface area contributed by atoms with Crippen LogP contribution in [-0.4, -0.2) is 58.0 Å².